The van der Waals surface area contributed by atoms with Crippen LogP contribution in [0.1, 0.15) is 33.6 Å². The first kappa shape index (κ1) is 17.5. The summed E-state index contributed by atoms with van der Waals surface area (Å²) in [6.45, 7) is 0.215. The number of nitrogens with zero attached hydrogens (tertiary/aromatic N) is 1. The summed E-state index contributed by atoms with van der Waals surface area (Å²) in [5, 5.41) is 3.54. The summed E-state index contributed by atoms with van der Waals surface area (Å²) in [5.41, 5.74) is 2.56. The van der Waals surface area contributed by atoms with E-state index in [1.165, 1.54) is 23.3 Å². The summed E-state index contributed by atoms with van der Waals surface area (Å²) in [6, 6.07) is 9.73. The van der Waals surface area contributed by atoms with Crippen molar-refractivity contribution in [2.45, 2.75) is 25.7 Å². The first-order valence-corrected chi connectivity index (χ1v) is 9.20. The highest BCUT2D eigenvalue weighted by Gasteiger charge is 2.27. The van der Waals surface area contributed by atoms with Gasteiger partial charge in [-0.15, -0.1) is 11.3 Å². The zero-order valence-electron chi connectivity index (χ0n) is 14.5. The number of thiophene rings is 1. The normalized spacial score (nSPS) is 13.0. The number of fused-ring (bicyclic) bond motifs is 1. The molecule has 1 N–H and O–H groups in total. The fourth-order valence-corrected chi connectivity index (χ4v) is 4.42. The average Bonchev–Trinajstić information content (AvgIpc) is 2.99. The summed E-state index contributed by atoms with van der Waals surface area (Å²) >= 11 is 1.51. The highest BCUT2D eigenvalue weighted by Crippen LogP contribution is 2.38. The van der Waals surface area contributed by atoms with Crippen molar-refractivity contribution in [2.24, 2.45) is 0 Å². The predicted octanol–water partition coefficient (Wildman–Crippen LogP) is 3.49. The standard InChI is InChI=1S/C19H22N2O3S/c1-21(13-8-4-3-5-9-13)12-16(22)20-18-17(19(23)24-2)14-10-6-7-11-15(14)25-18/h3-5,8-9H,6-7,10-12H2,1-2H3,(H,20,22). The van der Waals surface area contributed by atoms with Crippen molar-refractivity contribution in [1.82, 2.24) is 0 Å². The fraction of sp³-hybridized carbons (Fsp3) is 0.368. The molecule has 0 bridgehead atoms. The molecule has 132 valence electrons. The Balaban J connectivity index is 1.77. The van der Waals surface area contributed by atoms with Crippen LogP contribution >= 0.6 is 11.3 Å². The number of carbonyl (C=O) groups excluding carboxylic acids is 2. The number of amides is 1. The number of carbonyl (C=O) groups is 2. The molecule has 6 heteroatoms. The Morgan fingerprint density at radius 1 is 1.20 bits per heavy atom. The molecule has 1 aromatic carbocycles. The third-order valence-electron chi connectivity index (χ3n) is 4.39. The van der Waals surface area contributed by atoms with E-state index in [-0.39, 0.29) is 18.4 Å². The SMILES string of the molecule is COC(=O)c1c(NC(=O)CN(C)c2ccccc2)sc2c1CCCC2. The van der Waals surface area contributed by atoms with Crippen LogP contribution in [-0.2, 0) is 22.4 Å². The summed E-state index contributed by atoms with van der Waals surface area (Å²) < 4.78 is 4.94. The lowest BCUT2D eigenvalue weighted by Crippen LogP contribution is -2.30. The molecule has 1 aliphatic carbocycles. The molecule has 0 unspecified atom stereocenters. The van der Waals surface area contributed by atoms with Crippen molar-refractivity contribution < 1.29 is 14.3 Å². The highest BCUT2D eigenvalue weighted by atomic mass is 32.1. The van der Waals surface area contributed by atoms with Gasteiger partial charge in [0.25, 0.3) is 0 Å². The van der Waals surface area contributed by atoms with E-state index in [1.807, 2.05) is 42.3 Å². The van der Waals surface area contributed by atoms with Crippen molar-refractivity contribution in [3.63, 3.8) is 0 Å². The number of nitrogens with one attached hydrogen (secondary N) is 1. The van der Waals surface area contributed by atoms with Gasteiger partial charge in [0, 0.05) is 17.6 Å². The van der Waals surface area contributed by atoms with Gasteiger partial charge < -0.3 is 15.0 Å². The number of ether oxygens (including phenoxy) is 1. The van der Waals surface area contributed by atoms with Crippen molar-refractivity contribution >= 4 is 33.9 Å². The van der Waals surface area contributed by atoms with Gasteiger partial charge in [0.2, 0.25) is 5.91 Å². The Kier molecular flexibility index (Phi) is 5.38. The molecular formula is C19H22N2O3S. The maximum absolute atomic E-state index is 12.5. The lowest BCUT2D eigenvalue weighted by Gasteiger charge is -2.18. The van der Waals surface area contributed by atoms with Crippen LogP contribution in [0.4, 0.5) is 10.7 Å². The van der Waals surface area contributed by atoms with Gasteiger partial charge in [0.1, 0.15) is 5.00 Å². The monoisotopic (exact) mass is 358 g/mol. The van der Waals surface area contributed by atoms with Crippen LogP contribution in [-0.4, -0.2) is 32.6 Å². The molecule has 1 aliphatic rings. The van der Waals surface area contributed by atoms with Crippen LogP contribution in [0.5, 0.6) is 0 Å². The summed E-state index contributed by atoms with van der Waals surface area (Å²) in [6.07, 6.45) is 4.02. The highest BCUT2D eigenvalue weighted by molar-refractivity contribution is 7.17. The third-order valence-corrected chi connectivity index (χ3v) is 5.60. The Morgan fingerprint density at radius 2 is 1.92 bits per heavy atom. The number of para-hydroxylation sites is 1. The van der Waals surface area contributed by atoms with Gasteiger partial charge in [-0.1, -0.05) is 18.2 Å². The maximum Gasteiger partial charge on any atom is 0.341 e. The lowest BCUT2D eigenvalue weighted by atomic mass is 9.95. The summed E-state index contributed by atoms with van der Waals surface area (Å²) in [4.78, 5) is 27.8. The number of methoxy groups -OCH3 is 1. The van der Waals surface area contributed by atoms with E-state index >= 15 is 0 Å². The molecule has 1 heterocycles. The van der Waals surface area contributed by atoms with Crippen LogP contribution in [0.15, 0.2) is 30.3 Å². The molecule has 0 aliphatic heterocycles. The number of hydrogen-bond donors (Lipinski definition) is 1. The number of anilines is 2. The summed E-state index contributed by atoms with van der Waals surface area (Å²) in [5.74, 6) is -0.513. The molecule has 0 saturated heterocycles. The summed E-state index contributed by atoms with van der Waals surface area (Å²) in [7, 11) is 3.25. The van der Waals surface area contributed by atoms with Gasteiger partial charge in [0.15, 0.2) is 0 Å². The number of benzene rings is 1. The van der Waals surface area contributed by atoms with Gasteiger partial charge in [0.05, 0.1) is 19.2 Å². The number of hydrogen-bond acceptors (Lipinski definition) is 5. The van der Waals surface area contributed by atoms with Crippen LogP contribution in [0.25, 0.3) is 0 Å². The largest absolute Gasteiger partial charge is 0.465 e. The second kappa shape index (κ2) is 7.70. The van der Waals surface area contributed by atoms with E-state index in [2.05, 4.69) is 5.32 Å². The molecule has 1 aromatic heterocycles. The maximum atomic E-state index is 12.5. The second-order valence-electron chi connectivity index (χ2n) is 6.15. The van der Waals surface area contributed by atoms with Gasteiger partial charge >= 0.3 is 5.97 Å². The molecule has 0 saturated carbocycles. The number of rotatable bonds is 5. The predicted molar refractivity (Wildman–Crippen MR) is 101 cm³/mol. The topological polar surface area (TPSA) is 58.6 Å². The minimum absolute atomic E-state index is 0.143. The van der Waals surface area contributed by atoms with Crippen molar-refractivity contribution in [1.29, 1.82) is 0 Å². The number of likely N-dealkylation sites (N-methyl/N-ethyl adjacent to an activating group) is 1. The molecule has 2 aromatic rings. The van der Waals surface area contributed by atoms with Gasteiger partial charge in [-0.3, -0.25) is 4.79 Å². The number of esters is 1. The Hall–Kier alpha value is -2.34. The average molecular weight is 358 g/mol. The van der Waals surface area contributed by atoms with E-state index in [0.29, 0.717) is 10.6 Å². The Labute approximate surface area is 151 Å². The lowest BCUT2D eigenvalue weighted by molar-refractivity contribution is -0.114. The van der Waals surface area contributed by atoms with E-state index in [4.69, 9.17) is 4.74 Å². The quantitative estimate of drug-likeness (QED) is 0.831. The van der Waals surface area contributed by atoms with Crippen LogP contribution in [0.3, 0.4) is 0 Å². The minimum Gasteiger partial charge on any atom is -0.465 e. The van der Waals surface area contributed by atoms with E-state index < -0.39 is 0 Å². The van der Waals surface area contributed by atoms with Crippen LogP contribution in [0, 0.1) is 0 Å². The second-order valence-corrected chi connectivity index (χ2v) is 7.25. The Bertz CT molecular complexity index is 770. The molecule has 1 amide bonds. The molecule has 3 rings (SSSR count). The van der Waals surface area contributed by atoms with Crippen LogP contribution in [0.2, 0.25) is 0 Å². The first-order chi connectivity index (χ1) is 12.1. The third kappa shape index (κ3) is 3.85. The van der Waals surface area contributed by atoms with Gasteiger partial charge in [-0.25, -0.2) is 4.79 Å². The smallest absolute Gasteiger partial charge is 0.341 e. The zero-order valence-corrected chi connectivity index (χ0v) is 15.3. The van der Waals surface area contributed by atoms with Crippen molar-refractivity contribution in [3.8, 4) is 0 Å². The zero-order chi connectivity index (χ0) is 17.8. The van der Waals surface area contributed by atoms with E-state index in [1.54, 1.807) is 0 Å². The molecule has 5 nitrogen and oxygen atoms in total. The molecule has 25 heavy (non-hydrogen) atoms. The number of aryl methyl sites for hydroxylation is 1. The first-order valence-electron chi connectivity index (χ1n) is 8.39. The fourth-order valence-electron chi connectivity index (χ4n) is 3.13. The molecule has 0 atom stereocenters. The Morgan fingerprint density at radius 3 is 2.64 bits per heavy atom. The van der Waals surface area contributed by atoms with E-state index in [9.17, 15) is 9.59 Å². The van der Waals surface area contributed by atoms with Gasteiger partial charge in [-0.05, 0) is 43.4 Å². The van der Waals surface area contributed by atoms with Gasteiger partial charge in [-0.2, -0.15) is 0 Å². The van der Waals surface area contributed by atoms with Crippen molar-refractivity contribution in [3.05, 3.63) is 46.3 Å². The molecule has 0 radical (unpaired) electrons. The van der Waals surface area contributed by atoms with Crippen LogP contribution < -0.4 is 10.2 Å². The van der Waals surface area contributed by atoms with E-state index in [0.717, 1.165) is 36.9 Å². The molecule has 0 spiro atoms. The minimum atomic E-state index is -0.369. The molecule has 0 fully saturated rings. The van der Waals surface area contributed by atoms with Crippen molar-refractivity contribution in [2.75, 3.05) is 30.9 Å². The molecular weight excluding hydrogens is 336 g/mol.